The molecule has 3 heteroatoms. The summed E-state index contributed by atoms with van der Waals surface area (Å²) in [6, 6.07) is 0. The van der Waals surface area contributed by atoms with E-state index in [1.165, 1.54) is 0 Å². The van der Waals surface area contributed by atoms with Crippen LogP contribution in [0.4, 0.5) is 0 Å². The quantitative estimate of drug-likeness (QED) is 0.469. The summed E-state index contributed by atoms with van der Waals surface area (Å²) in [4.78, 5) is 10.7. The monoisotopic (exact) mass is 185 g/mol. The number of hydrogen-bond acceptors (Lipinski definition) is 2. The molecule has 0 aromatic carbocycles. The maximum Gasteiger partial charge on any atom is 0.306 e. The third-order valence-electron chi connectivity index (χ3n) is 2.01. The van der Waals surface area contributed by atoms with Crippen molar-refractivity contribution in [2.24, 2.45) is 11.7 Å². The molecule has 0 bridgehead atoms. The molecule has 76 valence electrons. The van der Waals surface area contributed by atoms with E-state index in [9.17, 15) is 4.79 Å². The Labute approximate surface area is 79.6 Å². The molecule has 13 heavy (non-hydrogen) atoms. The molecule has 0 heterocycles. The number of carboxylic acids is 1. The zero-order valence-corrected chi connectivity index (χ0v) is 8.20. The minimum atomic E-state index is -0.699. The Morgan fingerprint density at radius 2 is 2.23 bits per heavy atom. The summed E-state index contributed by atoms with van der Waals surface area (Å²) < 4.78 is 0. The Bertz CT molecular complexity index is 166. The molecule has 3 nitrogen and oxygen atoms in total. The number of aliphatic carboxylic acids is 1. The van der Waals surface area contributed by atoms with Gasteiger partial charge in [0.2, 0.25) is 0 Å². The predicted molar refractivity (Wildman–Crippen MR) is 53.5 cm³/mol. The molecule has 0 rings (SSSR count). The van der Waals surface area contributed by atoms with E-state index in [4.69, 9.17) is 10.8 Å². The van der Waals surface area contributed by atoms with Crippen LogP contribution < -0.4 is 5.73 Å². The van der Waals surface area contributed by atoms with E-state index >= 15 is 0 Å². The summed E-state index contributed by atoms with van der Waals surface area (Å²) in [5.41, 5.74) is 5.33. The summed E-state index contributed by atoms with van der Waals surface area (Å²) in [5.74, 6) is -0.933. The maximum absolute atomic E-state index is 10.7. The van der Waals surface area contributed by atoms with Crippen LogP contribution in [0.2, 0.25) is 0 Å². The third-order valence-corrected chi connectivity index (χ3v) is 2.01. The van der Waals surface area contributed by atoms with Crippen LogP contribution >= 0.6 is 0 Å². The van der Waals surface area contributed by atoms with Gasteiger partial charge >= 0.3 is 5.97 Å². The first-order valence-corrected chi connectivity index (χ1v) is 4.76. The number of nitrogens with two attached hydrogens (primary N) is 1. The van der Waals surface area contributed by atoms with Crippen molar-refractivity contribution in [2.45, 2.75) is 32.6 Å². The fourth-order valence-electron chi connectivity index (χ4n) is 1.18. The molecule has 0 spiro atoms. The summed E-state index contributed by atoms with van der Waals surface area (Å²) >= 11 is 0. The number of unbranched alkanes of at least 4 members (excludes halogenated alkanes) is 1. The van der Waals surface area contributed by atoms with Crippen molar-refractivity contribution in [3.8, 4) is 0 Å². The summed E-state index contributed by atoms with van der Waals surface area (Å²) in [7, 11) is 0. The highest BCUT2D eigenvalue weighted by Crippen LogP contribution is 2.13. The van der Waals surface area contributed by atoms with E-state index in [1.54, 1.807) is 0 Å². The number of carbonyl (C=O) groups is 1. The van der Waals surface area contributed by atoms with Crippen LogP contribution in [0.3, 0.4) is 0 Å². The minimum absolute atomic E-state index is 0.234. The predicted octanol–water partition coefficient (Wildman–Crippen LogP) is 1.78. The molecule has 0 aliphatic rings. The van der Waals surface area contributed by atoms with Gasteiger partial charge in [-0.05, 0) is 32.7 Å². The Balaban J connectivity index is 3.74. The smallest absolute Gasteiger partial charge is 0.306 e. The van der Waals surface area contributed by atoms with Crippen LogP contribution in [0.15, 0.2) is 12.2 Å². The van der Waals surface area contributed by atoms with Gasteiger partial charge in [-0.25, -0.2) is 0 Å². The number of allylic oxidation sites excluding steroid dienone is 2. The van der Waals surface area contributed by atoms with Gasteiger partial charge in [-0.1, -0.05) is 18.6 Å². The fourth-order valence-corrected chi connectivity index (χ4v) is 1.18. The molecule has 1 atom stereocenters. The lowest BCUT2D eigenvalue weighted by molar-refractivity contribution is -0.141. The first-order chi connectivity index (χ1) is 6.22. The number of carboxylic acid groups (broad SMARTS) is 1. The molecule has 0 saturated heterocycles. The molecular weight excluding hydrogens is 166 g/mol. The minimum Gasteiger partial charge on any atom is -0.481 e. The third kappa shape index (κ3) is 6.34. The lowest BCUT2D eigenvalue weighted by Crippen LogP contribution is -2.13. The Kier molecular flexibility index (Phi) is 7.30. The highest BCUT2D eigenvalue weighted by atomic mass is 16.4. The molecule has 1 unspecified atom stereocenters. The molecule has 3 N–H and O–H groups in total. The molecule has 0 aliphatic carbocycles. The summed E-state index contributed by atoms with van der Waals surface area (Å²) in [5, 5.41) is 8.83. The summed E-state index contributed by atoms with van der Waals surface area (Å²) in [6.45, 7) is 2.55. The van der Waals surface area contributed by atoms with E-state index in [1.807, 2.05) is 19.1 Å². The highest BCUT2D eigenvalue weighted by molar-refractivity contribution is 5.70. The van der Waals surface area contributed by atoms with Crippen molar-refractivity contribution < 1.29 is 9.90 Å². The second kappa shape index (κ2) is 7.80. The molecule has 0 fully saturated rings. The lowest BCUT2D eigenvalue weighted by atomic mass is 9.98. The fraction of sp³-hybridized carbons (Fsp3) is 0.700. The van der Waals surface area contributed by atoms with Crippen LogP contribution in [-0.2, 0) is 4.79 Å². The zero-order chi connectivity index (χ0) is 10.1. The van der Waals surface area contributed by atoms with Crippen molar-refractivity contribution in [1.29, 1.82) is 0 Å². The van der Waals surface area contributed by atoms with Gasteiger partial charge in [-0.2, -0.15) is 0 Å². The molecule has 0 aromatic heterocycles. The highest BCUT2D eigenvalue weighted by Gasteiger charge is 2.14. The van der Waals surface area contributed by atoms with Gasteiger partial charge in [0.1, 0.15) is 0 Å². The topological polar surface area (TPSA) is 63.3 Å². The molecule has 0 aliphatic heterocycles. The Hall–Kier alpha value is -0.830. The van der Waals surface area contributed by atoms with Gasteiger partial charge in [0.25, 0.3) is 0 Å². The largest absolute Gasteiger partial charge is 0.481 e. The van der Waals surface area contributed by atoms with Crippen molar-refractivity contribution in [2.75, 3.05) is 6.54 Å². The van der Waals surface area contributed by atoms with Crippen molar-refractivity contribution in [1.82, 2.24) is 0 Å². The van der Waals surface area contributed by atoms with Crippen molar-refractivity contribution >= 4 is 5.97 Å². The van der Waals surface area contributed by atoms with Gasteiger partial charge < -0.3 is 10.8 Å². The van der Waals surface area contributed by atoms with Gasteiger partial charge in [-0.15, -0.1) is 0 Å². The second-order valence-corrected chi connectivity index (χ2v) is 3.12. The van der Waals surface area contributed by atoms with E-state index in [-0.39, 0.29) is 5.92 Å². The maximum atomic E-state index is 10.7. The van der Waals surface area contributed by atoms with E-state index in [0.717, 1.165) is 19.3 Å². The standard InChI is InChI=1S/C10H19NO2/c1-2-3-6-9(10(12)13)7-4-5-8-11/h2-3,9H,4-8,11H2,1H3,(H,12,13)/b3-2+. The molecule has 0 radical (unpaired) electrons. The molecule has 0 aromatic rings. The first kappa shape index (κ1) is 12.2. The van der Waals surface area contributed by atoms with Crippen molar-refractivity contribution in [3.63, 3.8) is 0 Å². The summed E-state index contributed by atoms with van der Waals surface area (Å²) in [6.07, 6.45) is 6.98. The van der Waals surface area contributed by atoms with Crippen LogP contribution in [0, 0.1) is 5.92 Å². The van der Waals surface area contributed by atoms with Crippen molar-refractivity contribution in [3.05, 3.63) is 12.2 Å². The normalized spacial score (nSPS) is 13.4. The number of hydrogen-bond donors (Lipinski definition) is 2. The average molecular weight is 185 g/mol. The average Bonchev–Trinajstić information content (AvgIpc) is 2.10. The van der Waals surface area contributed by atoms with Crippen LogP contribution in [-0.4, -0.2) is 17.6 Å². The lowest BCUT2D eigenvalue weighted by Gasteiger charge is -2.08. The van der Waals surface area contributed by atoms with E-state index < -0.39 is 5.97 Å². The molecular formula is C10H19NO2. The first-order valence-electron chi connectivity index (χ1n) is 4.76. The SMILES string of the molecule is C/C=C/CC(CCCCN)C(=O)O. The van der Waals surface area contributed by atoms with Crippen LogP contribution in [0.1, 0.15) is 32.6 Å². The van der Waals surface area contributed by atoms with Gasteiger partial charge in [0.15, 0.2) is 0 Å². The second-order valence-electron chi connectivity index (χ2n) is 3.12. The van der Waals surface area contributed by atoms with Crippen LogP contribution in [0.5, 0.6) is 0 Å². The van der Waals surface area contributed by atoms with Gasteiger partial charge in [0.05, 0.1) is 5.92 Å². The number of rotatable bonds is 7. The van der Waals surface area contributed by atoms with E-state index in [2.05, 4.69) is 0 Å². The van der Waals surface area contributed by atoms with Gasteiger partial charge in [0, 0.05) is 0 Å². The molecule has 0 saturated carbocycles. The molecule has 0 amide bonds. The van der Waals surface area contributed by atoms with Crippen LogP contribution in [0.25, 0.3) is 0 Å². The zero-order valence-electron chi connectivity index (χ0n) is 8.20. The van der Waals surface area contributed by atoms with Gasteiger partial charge in [-0.3, -0.25) is 4.79 Å². The Morgan fingerprint density at radius 1 is 1.54 bits per heavy atom. The van der Waals surface area contributed by atoms with E-state index in [0.29, 0.717) is 13.0 Å². The Morgan fingerprint density at radius 3 is 2.69 bits per heavy atom.